The molecule has 0 aliphatic carbocycles. The summed E-state index contributed by atoms with van der Waals surface area (Å²) in [6.07, 6.45) is 3.10. The number of benzene rings is 1. The van der Waals surface area contributed by atoms with Gasteiger partial charge in [0.1, 0.15) is 18.0 Å². The Labute approximate surface area is 167 Å². The fourth-order valence-corrected chi connectivity index (χ4v) is 3.36. The second-order valence-corrected chi connectivity index (χ2v) is 6.75. The van der Waals surface area contributed by atoms with E-state index in [1.165, 1.54) is 12.4 Å². The van der Waals surface area contributed by atoms with E-state index in [1.807, 2.05) is 13.0 Å². The molecular weight excluding hydrogens is 373 g/mol. The van der Waals surface area contributed by atoms with E-state index in [1.54, 1.807) is 29.3 Å². The van der Waals surface area contributed by atoms with Crippen LogP contribution in [-0.4, -0.2) is 52.1 Å². The molecule has 1 amide bonds. The number of carbonyl (C=O) groups is 1. The van der Waals surface area contributed by atoms with Crippen LogP contribution in [0, 0.1) is 12.7 Å². The van der Waals surface area contributed by atoms with Gasteiger partial charge in [0.15, 0.2) is 0 Å². The van der Waals surface area contributed by atoms with Crippen LogP contribution >= 0.6 is 0 Å². The maximum Gasteiger partial charge on any atom is 0.257 e. The SMILES string of the molecule is Cc1ncnc(-c2ccc(F)c(C(=O)N3CCOCC3)c2)c1-c1ccc(N)nc1. The molecule has 8 heteroatoms. The first-order chi connectivity index (χ1) is 14.0. The van der Waals surface area contributed by atoms with Gasteiger partial charge in [-0.15, -0.1) is 0 Å². The first-order valence-electron chi connectivity index (χ1n) is 9.25. The van der Waals surface area contributed by atoms with Crippen LogP contribution in [0.1, 0.15) is 16.1 Å². The van der Waals surface area contributed by atoms with Crippen molar-refractivity contribution in [2.45, 2.75) is 6.92 Å². The number of anilines is 1. The number of aromatic nitrogens is 3. The van der Waals surface area contributed by atoms with Crippen LogP contribution in [0.25, 0.3) is 22.4 Å². The maximum atomic E-state index is 14.5. The molecule has 1 fully saturated rings. The Morgan fingerprint density at radius 1 is 1.10 bits per heavy atom. The van der Waals surface area contributed by atoms with Crippen LogP contribution in [0.5, 0.6) is 0 Å². The van der Waals surface area contributed by atoms with Gasteiger partial charge in [0.2, 0.25) is 0 Å². The number of pyridine rings is 1. The highest BCUT2D eigenvalue weighted by Crippen LogP contribution is 2.33. The molecule has 148 valence electrons. The first-order valence-corrected chi connectivity index (χ1v) is 9.25. The summed E-state index contributed by atoms with van der Waals surface area (Å²) in [5.74, 6) is -0.508. The smallest absolute Gasteiger partial charge is 0.257 e. The van der Waals surface area contributed by atoms with Crippen LogP contribution in [0.15, 0.2) is 42.9 Å². The van der Waals surface area contributed by atoms with Crippen molar-refractivity contribution in [1.82, 2.24) is 19.9 Å². The Balaban J connectivity index is 1.79. The molecule has 0 radical (unpaired) electrons. The van der Waals surface area contributed by atoms with Crippen molar-refractivity contribution in [3.8, 4) is 22.4 Å². The van der Waals surface area contributed by atoms with E-state index in [-0.39, 0.29) is 11.5 Å². The number of aryl methyl sites for hydroxylation is 1. The lowest BCUT2D eigenvalue weighted by Gasteiger charge is -2.27. The van der Waals surface area contributed by atoms with Gasteiger partial charge in [-0.1, -0.05) is 0 Å². The number of morpholine rings is 1. The number of hydrogen-bond donors (Lipinski definition) is 1. The van der Waals surface area contributed by atoms with Crippen LogP contribution in [0.2, 0.25) is 0 Å². The average molecular weight is 393 g/mol. The molecule has 2 N–H and O–H groups in total. The van der Waals surface area contributed by atoms with Crippen LogP contribution in [0.3, 0.4) is 0 Å². The molecule has 0 atom stereocenters. The number of nitrogen functional groups attached to an aromatic ring is 1. The quantitative estimate of drug-likeness (QED) is 0.735. The minimum Gasteiger partial charge on any atom is -0.384 e. The molecule has 4 rings (SSSR count). The van der Waals surface area contributed by atoms with Gasteiger partial charge in [-0.05, 0) is 37.3 Å². The van der Waals surface area contributed by atoms with Crippen molar-refractivity contribution in [2.24, 2.45) is 0 Å². The van der Waals surface area contributed by atoms with Crippen molar-refractivity contribution in [2.75, 3.05) is 32.0 Å². The molecule has 1 aliphatic heterocycles. The van der Waals surface area contributed by atoms with Gasteiger partial charge in [0, 0.05) is 41.7 Å². The topological polar surface area (TPSA) is 94.2 Å². The molecule has 7 nitrogen and oxygen atoms in total. The van der Waals surface area contributed by atoms with Gasteiger partial charge in [0.25, 0.3) is 5.91 Å². The fraction of sp³-hybridized carbons (Fsp3) is 0.238. The van der Waals surface area contributed by atoms with Crippen molar-refractivity contribution in [1.29, 1.82) is 0 Å². The molecule has 1 aromatic carbocycles. The number of nitrogens with two attached hydrogens (primary N) is 1. The van der Waals surface area contributed by atoms with Crippen molar-refractivity contribution in [3.05, 3.63) is 59.9 Å². The highest BCUT2D eigenvalue weighted by Gasteiger charge is 2.23. The van der Waals surface area contributed by atoms with E-state index in [0.29, 0.717) is 43.4 Å². The zero-order valence-electron chi connectivity index (χ0n) is 15.9. The van der Waals surface area contributed by atoms with Crippen LogP contribution < -0.4 is 5.73 Å². The lowest BCUT2D eigenvalue weighted by Crippen LogP contribution is -2.41. The Morgan fingerprint density at radius 2 is 1.86 bits per heavy atom. The summed E-state index contributed by atoms with van der Waals surface area (Å²) in [5.41, 5.74) is 9.23. The van der Waals surface area contributed by atoms with Crippen LogP contribution in [-0.2, 0) is 4.74 Å². The summed E-state index contributed by atoms with van der Waals surface area (Å²) in [4.78, 5) is 27.3. The minimum atomic E-state index is -0.563. The lowest BCUT2D eigenvalue weighted by atomic mass is 9.97. The van der Waals surface area contributed by atoms with Gasteiger partial charge in [-0.25, -0.2) is 19.3 Å². The van der Waals surface area contributed by atoms with Gasteiger partial charge < -0.3 is 15.4 Å². The Bertz CT molecular complexity index is 1050. The largest absolute Gasteiger partial charge is 0.384 e. The fourth-order valence-electron chi connectivity index (χ4n) is 3.36. The average Bonchev–Trinajstić information content (AvgIpc) is 2.75. The predicted molar refractivity (Wildman–Crippen MR) is 107 cm³/mol. The Hall–Kier alpha value is -3.39. The zero-order chi connectivity index (χ0) is 20.4. The van der Waals surface area contributed by atoms with Gasteiger partial charge in [-0.3, -0.25) is 4.79 Å². The van der Waals surface area contributed by atoms with Crippen molar-refractivity contribution >= 4 is 11.7 Å². The molecule has 0 bridgehead atoms. The van der Waals surface area contributed by atoms with Gasteiger partial charge in [0.05, 0.1) is 24.5 Å². The second kappa shape index (κ2) is 7.92. The third-order valence-corrected chi connectivity index (χ3v) is 4.88. The van der Waals surface area contributed by atoms with E-state index in [0.717, 1.165) is 16.8 Å². The highest BCUT2D eigenvalue weighted by molar-refractivity contribution is 5.96. The molecular formula is C21H20FN5O2. The van der Waals surface area contributed by atoms with Gasteiger partial charge >= 0.3 is 0 Å². The lowest BCUT2D eigenvalue weighted by molar-refractivity contribution is 0.0300. The standard InChI is InChI=1S/C21H20FN5O2/c1-13-19(15-3-5-18(23)24-11-15)20(26-12-25-13)14-2-4-17(22)16(10-14)21(28)27-6-8-29-9-7-27/h2-5,10-12H,6-9H2,1H3,(H2,23,24). The molecule has 1 saturated heterocycles. The molecule has 3 aromatic rings. The van der Waals surface area contributed by atoms with E-state index in [4.69, 9.17) is 10.5 Å². The second-order valence-electron chi connectivity index (χ2n) is 6.75. The summed E-state index contributed by atoms with van der Waals surface area (Å²) >= 11 is 0. The van der Waals surface area contributed by atoms with E-state index in [9.17, 15) is 9.18 Å². The molecule has 0 unspecified atom stereocenters. The van der Waals surface area contributed by atoms with Gasteiger partial charge in [-0.2, -0.15) is 0 Å². The maximum absolute atomic E-state index is 14.5. The summed E-state index contributed by atoms with van der Waals surface area (Å²) in [5, 5.41) is 0. The number of hydrogen-bond acceptors (Lipinski definition) is 6. The third-order valence-electron chi connectivity index (χ3n) is 4.88. The number of carbonyl (C=O) groups excluding carboxylic acids is 1. The summed E-state index contributed by atoms with van der Waals surface area (Å²) < 4.78 is 19.8. The first kappa shape index (κ1) is 18.9. The molecule has 1 aliphatic rings. The normalized spacial score (nSPS) is 14.1. The predicted octanol–water partition coefficient (Wildman–Crippen LogP) is 2.71. The zero-order valence-corrected chi connectivity index (χ0v) is 15.9. The van der Waals surface area contributed by atoms with E-state index in [2.05, 4.69) is 15.0 Å². The summed E-state index contributed by atoms with van der Waals surface area (Å²) in [6.45, 7) is 3.65. The number of rotatable bonds is 3. The number of nitrogens with zero attached hydrogens (tertiary/aromatic N) is 4. The molecule has 2 aromatic heterocycles. The van der Waals surface area contributed by atoms with E-state index < -0.39 is 5.82 Å². The molecule has 0 spiro atoms. The Kier molecular flexibility index (Phi) is 5.18. The number of halogens is 1. The van der Waals surface area contributed by atoms with Crippen molar-refractivity contribution < 1.29 is 13.9 Å². The summed E-state index contributed by atoms with van der Waals surface area (Å²) in [7, 11) is 0. The minimum absolute atomic E-state index is 0.0158. The monoisotopic (exact) mass is 393 g/mol. The summed E-state index contributed by atoms with van der Waals surface area (Å²) in [6, 6.07) is 7.99. The van der Waals surface area contributed by atoms with Crippen molar-refractivity contribution in [3.63, 3.8) is 0 Å². The number of amides is 1. The van der Waals surface area contributed by atoms with E-state index >= 15 is 0 Å². The van der Waals surface area contributed by atoms with Crippen LogP contribution in [0.4, 0.5) is 10.2 Å². The molecule has 29 heavy (non-hydrogen) atoms. The molecule has 3 heterocycles. The number of ether oxygens (including phenoxy) is 1. The Morgan fingerprint density at radius 3 is 2.59 bits per heavy atom. The third kappa shape index (κ3) is 3.79. The highest BCUT2D eigenvalue weighted by atomic mass is 19.1. The molecule has 0 saturated carbocycles.